The first kappa shape index (κ1) is 9.99. The number of nitrogens with zero attached hydrogens (tertiary/aromatic N) is 2. The number of hydrogen-bond donors (Lipinski definition) is 2. The van der Waals surface area contributed by atoms with Crippen molar-refractivity contribution >= 4 is 5.82 Å². The van der Waals surface area contributed by atoms with Gasteiger partial charge in [0.25, 0.3) is 0 Å². The second kappa shape index (κ2) is 3.91. The summed E-state index contributed by atoms with van der Waals surface area (Å²) in [5.74, 6) is 0.308. The number of nitriles is 1. The molecule has 0 aliphatic rings. The maximum absolute atomic E-state index is 9.64. The molecule has 1 aromatic carbocycles. The smallest absolute Gasteiger partial charge is 0.142 e. The summed E-state index contributed by atoms with van der Waals surface area (Å²) >= 11 is 0. The summed E-state index contributed by atoms with van der Waals surface area (Å²) in [4.78, 5) is 4.07. The fourth-order valence-corrected chi connectivity index (χ4v) is 1.41. The van der Waals surface area contributed by atoms with Gasteiger partial charge < -0.3 is 10.8 Å². The molecule has 3 N–H and O–H groups in total. The molecule has 1 heterocycles. The fourth-order valence-electron chi connectivity index (χ4n) is 1.41. The summed E-state index contributed by atoms with van der Waals surface area (Å²) in [5.41, 5.74) is 7.08. The van der Waals surface area contributed by atoms with Crippen molar-refractivity contribution in [2.45, 2.75) is 0 Å². The van der Waals surface area contributed by atoms with Crippen LogP contribution in [0.3, 0.4) is 0 Å². The Bertz CT molecular complexity index is 573. The molecule has 4 nitrogen and oxygen atoms in total. The van der Waals surface area contributed by atoms with Crippen LogP contribution >= 0.6 is 0 Å². The lowest BCUT2D eigenvalue weighted by Gasteiger charge is -2.04. The standard InChI is InChI=1S/C12H9N3O/c13-7-8-5-6-10(15-12(8)14)9-3-1-2-4-11(9)16/h1-6,16H,(H2,14,15). The Hall–Kier alpha value is -2.54. The molecule has 78 valence electrons. The highest BCUT2D eigenvalue weighted by atomic mass is 16.3. The molecule has 0 unspecified atom stereocenters. The summed E-state index contributed by atoms with van der Waals surface area (Å²) in [6.45, 7) is 0. The Morgan fingerprint density at radius 1 is 1.19 bits per heavy atom. The van der Waals surface area contributed by atoms with E-state index in [1.807, 2.05) is 6.07 Å². The minimum atomic E-state index is 0.138. The second-order valence-corrected chi connectivity index (χ2v) is 3.26. The highest BCUT2D eigenvalue weighted by Crippen LogP contribution is 2.27. The van der Waals surface area contributed by atoms with Gasteiger partial charge in [-0.2, -0.15) is 5.26 Å². The van der Waals surface area contributed by atoms with Gasteiger partial charge >= 0.3 is 0 Å². The lowest BCUT2D eigenvalue weighted by Crippen LogP contribution is -1.96. The van der Waals surface area contributed by atoms with Gasteiger partial charge in [-0.15, -0.1) is 0 Å². The van der Waals surface area contributed by atoms with Gasteiger partial charge in [0, 0.05) is 5.56 Å². The summed E-state index contributed by atoms with van der Waals surface area (Å²) < 4.78 is 0. The number of phenolic OH excluding ortho intramolecular Hbond substituents is 1. The number of aromatic nitrogens is 1. The highest BCUT2D eigenvalue weighted by Gasteiger charge is 2.07. The van der Waals surface area contributed by atoms with E-state index in [1.54, 1.807) is 36.4 Å². The summed E-state index contributed by atoms with van der Waals surface area (Å²) in [5, 5.41) is 18.4. The van der Waals surface area contributed by atoms with Gasteiger partial charge in [0.15, 0.2) is 0 Å². The van der Waals surface area contributed by atoms with E-state index in [4.69, 9.17) is 11.0 Å². The maximum Gasteiger partial charge on any atom is 0.142 e. The number of nitrogens with two attached hydrogens (primary N) is 1. The molecule has 4 heteroatoms. The van der Waals surface area contributed by atoms with Crippen LogP contribution < -0.4 is 5.73 Å². The van der Waals surface area contributed by atoms with Crippen LogP contribution in [0, 0.1) is 11.3 Å². The second-order valence-electron chi connectivity index (χ2n) is 3.26. The Labute approximate surface area is 92.6 Å². The third kappa shape index (κ3) is 1.66. The van der Waals surface area contributed by atoms with E-state index in [9.17, 15) is 5.11 Å². The van der Waals surface area contributed by atoms with Crippen molar-refractivity contribution in [1.82, 2.24) is 4.98 Å². The van der Waals surface area contributed by atoms with Crippen molar-refractivity contribution in [2.75, 3.05) is 5.73 Å². The first-order valence-corrected chi connectivity index (χ1v) is 4.67. The van der Waals surface area contributed by atoms with Gasteiger partial charge in [0.2, 0.25) is 0 Å². The lowest BCUT2D eigenvalue weighted by molar-refractivity contribution is 0.477. The van der Waals surface area contributed by atoms with Crippen LogP contribution in [-0.4, -0.2) is 10.1 Å². The van der Waals surface area contributed by atoms with E-state index in [2.05, 4.69) is 4.98 Å². The van der Waals surface area contributed by atoms with E-state index >= 15 is 0 Å². The third-order valence-corrected chi connectivity index (χ3v) is 2.23. The van der Waals surface area contributed by atoms with E-state index in [0.29, 0.717) is 16.8 Å². The van der Waals surface area contributed by atoms with Crippen LogP contribution in [0.25, 0.3) is 11.3 Å². The monoisotopic (exact) mass is 211 g/mol. The van der Waals surface area contributed by atoms with E-state index in [0.717, 1.165) is 0 Å². The largest absolute Gasteiger partial charge is 0.507 e. The molecule has 2 aromatic rings. The Kier molecular flexibility index (Phi) is 2.44. The van der Waals surface area contributed by atoms with E-state index in [-0.39, 0.29) is 11.6 Å². The molecular weight excluding hydrogens is 202 g/mol. The maximum atomic E-state index is 9.64. The number of para-hydroxylation sites is 1. The zero-order chi connectivity index (χ0) is 11.5. The number of anilines is 1. The molecule has 0 atom stereocenters. The molecule has 0 saturated heterocycles. The molecule has 16 heavy (non-hydrogen) atoms. The average Bonchev–Trinajstić information content (AvgIpc) is 2.29. The molecule has 2 rings (SSSR count). The molecule has 0 bridgehead atoms. The number of aromatic hydroxyl groups is 1. The van der Waals surface area contributed by atoms with Gasteiger partial charge in [0.05, 0.1) is 11.3 Å². The molecule has 0 aliphatic heterocycles. The average molecular weight is 211 g/mol. The number of hydrogen-bond acceptors (Lipinski definition) is 4. The fraction of sp³-hybridized carbons (Fsp3) is 0. The molecule has 0 radical (unpaired) electrons. The van der Waals surface area contributed by atoms with Gasteiger partial charge in [-0.25, -0.2) is 4.98 Å². The van der Waals surface area contributed by atoms with E-state index < -0.39 is 0 Å². The van der Waals surface area contributed by atoms with Crippen molar-refractivity contribution in [3.63, 3.8) is 0 Å². The Morgan fingerprint density at radius 3 is 2.56 bits per heavy atom. The minimum absolute atomic E-state index is 0.138. The minimum Gasteiger partial charge on any atom is -0.507 e. The first-order chi connectivity index (χ1) is 7.72. The summed E-state index contributed by atoms with van der Waals surface area (Å²) in [7, 11) is 0. The van der Waals surface area contributed by atoms with Crippen LogP contribution in [0.4, 0.5) is 5.82 Å². The van der Waals surface area contributed by atoms with Crippen molar-refractivity contribution in [3.05, 3.63) is 42.0 Å². The third-order valence-electron chi connectivity index (χ3n) is 2.23. The Morgan fingerprint density at radius 2 is 1.94 bits per heavy atom. The van der Waals surface area contributed by atoms with Gasteiger partial charge in [-0.1, -0.05) is 12.1 Å². The molecular formula is C12H9N3O. The molecule has 0 fully saturated rings. The zero-order valence-corrected chi connectivity index (χ0v) is 8.38. The van der Waals surface area contributed by atoms with Gasteiger partial charge in [-0.3, -0.25) is 0 Å². The molecule has 0 amide bonds. The van der Waals surface area contributed by atoms with Crippen LogP contribution in [-0.2, 0) is 0 Å². The van der Waals surface area contributed by atoms with Gasteiger partial charge in [-0.05, 0) is 24.3 Å². The van der Waals surface area contributed by atoms with Crippen molar-refractivity contribution in [1.29, 1.82) is 5.26 Å². The normalized spacial score (nSPS) is 9.69. The van der Waals surface area contributed by atoms with Gasteiger partial charge in [0.1, 0.15) is 17.6 Å². The molecule has 1 aromatic heterocycles. The van der Waals surface area contributed by atoms with E-state index in [1.165, 1.54) is 0 Å². The lowest BCUT2D eigenvalue weighted by atomic mass is 10.1. The predicted molar refractivity (Wildman–Crippen MR) is 60.5 cm³/mol. The van der Waals surface area contributed by atoms with Crippen LogP contribution in [0.2, 0.25) is 0 Å². The number of rotatable bonds is 1. The first-order valence-electron chi connectivity index (χ1n) is 4.67. The van der Waals surface area contributed by atoms with Crippen molar-refractivity contribution in [2.24, 2.45) is 0 Å². The number of phenols is 1. The van der Waals surface area contributed by atoms with Crippen molar-refractivity contribution in [3.8, 4) is 23.1 Å². The van der Waals surface area contributed by atoms with Crippen LogP contribution in [0.5, 0.6) is 5.75 Å². The number of nitrogen functional groups attached to an aromatic ring is 1. The molecule has 0 saturated carbocycles. The summed E-state index contributed by atoms with van der Waals surface area (Å²) in [6.07, 6.45) is 0. The topological polar surface area (TPSA) is 82.9 Å². The Balaban J connectivity index is 2.55. The molecule has 0 aliphatic carbocycles. The zero-order valence-electron chi connectivity index (χ0n) is 8.38. The SMILES string of the molecule is N#Cc1ccc(-c2ccccc2O)nc1N. The highest BCUT2D eigenvalue weighted by molar-refractivity contribution is 5.69. The van der Waals surface area contributed by atoms with Crippen molar-refractivity contribution < 1.29 is 5.11 Å². The van der Waals surface area contributed by atoms with Crippen LogP contribution in [0.15, 0.2) is 36.4 Å². The van der Waals surface area contributed by atoms with Crippen LogP contribution in [0.1, 0.15) is 5.56 Å². The number of benzene rings is 1. The number of pyridine rings is 1. The quantitative estimate of drug-likeness (QED) is 0.754. The predicted octanol–water partition coefficient (Wildman–Crippen LogP) is 1.91. The molecule has 0 spiro atoms. The summed E-state index contributed by atoms with van der Waals surface area (Å²) in [6, 6.07) is 12.0.